The normalized spacial score (nSPS) is 14.0. The van der Waals surface area contributed by atoms with Crippen molar-refractivity contribution in [3.05, 3.63) is 23.8 Å². The fourth-order valence-corrected chi connectivity index (χ4v) is 2.75. The molecule has 0 amide bonds. The average Bonchev–Trinajstić information content (AvgIpc) is 2.81. The summed E-state index contributed by atoms with van der Waals surface area (Å²) in [5.41, 5.74) is 5.98. The van der Waals surface area contributed by atoms with E-state index in [1.807, 2.05) is 41.5 Å². The summed E-state index contributed by atoms with van der Waals surface area (Å²) in [5, 5.41) is 0. The molecule has 1 rings (SSSR count). The van der Waals surface area contributed by atoms with Crippen molar-refractivity contribution in [1.29, 1.82) is 0 Å². The molecule has 2 N–H and O–H groups in total. The molecule has 0 saturated heterocycles. The molecule has 0 saturated carbocycles. The van der Waals surface area contributed by atoms with E-state index in [1.54, 1.807) is 33.8 Å². The summed E-state index contributed by atoms with van der Waals surface area (Å²) >= 11 is 0. The molecule has 11 nitrogen and oxygen atoms in total. The van der Waals surface area contributed by atoms with Gasteiger partial charge >= 0.3 is 24.2 Å². The number of ether oxygens (including phenoxy) is 6. The molecule has 11 heteroatoms. The highest BCUT2D eigenvalue weighted by molar-refractivity contribution is 5.76. The summed E-state index contributed by atoms with van der Waals surface area (Å²) < 4.78 is 31.5. The zero-order chi connectivity index (χ0) is 30.8. The second-order valence-electron chi connectivity index (χ2n) is 12.4. The lowest BCUT2D eigenvalue weighted by atomic mass is 9.99. The fourth-order valence-electron chi connectivity index (χ4n) is 2.75. The number of nitrogens with two attached hydrogens (primary N) is 1. The molecular weight excluding hydrogens is 522 g/mol. The third-order valence-corrected chi connectivity index (χ3v) is 5.14. The third-order valence-electron chi connectivity index (χ3n) is 5.14. The Balaban J connectivity index is 3.00. The Morgan fingerprint density at radius 2 is 1.18 bits per heavy atom. The Morgan fingerprint density at radius 1 is 0.725 bits per heavy atom. The highest BCUT2D eigenvalue weighted by atomic mass is 16.7. The van der Waals surface area contributed by atoms with Crippen LogP contribution in [0, 0.1) is 16.7 Å². The largest absolute Gasteiger partial charge is 0.513 e. The van der Waals surface area contributed by atoms with Gasteiger partial charge in [-0.25, -0.2) is 9.59 Å². The summed E-state index contributed by atoms with van der Waals surface area (Å²) in [6.07, 6.45) is -3.36. The molecule has 1 aromatic rings. The van der Waals surface area contributed by atoms with Gasteiger partial charge in [-0.3, -0.25) is 9.59 Å². The predicted molar refractivity (Wildman–Crippen MR) is 147 cm³/mol. The van der Waals surface area contributed by atoms with Crippen LogP contribution in [0.25, 0.3) is 0 Å². The first-order valence-electron chi connectivity index (χ1n) is 13.3. The molecule has 0 spiro atoms. The SMILES string of the molecule is CC(C)C(=O)O[C@@H](C)[C@H](C)OC(=O)[C@@H](N)Cc1ccc(OC(=O)OCC(C)(C)C)c(OC(=O)OCC(C)(C)C)c1. The molecule has 0 radical (unpaired) electrons. The van der Waals surface area contributed by atoms with E-state index in [-0.39, 0.29) is 47.9 Å². The summed E-state index contributed by atoms with van der Waals surface area (Å²) in [6, 6.07) is 3.28. The Hall–Kier alpha value is -3.34. The molecule has 40 heavy (non-hydrogen) atoms. The van der Waals surface area contributed by atoms with Gasteiger partial charge in [0.2, 0.25) is 0 Å². The summed E-state index contributed by atoms with van der Waals surface area (Å²) in [7, 11) is 0. The predicted octanol–water partition coefficient (Wildman–Crippen LogP) is 5.20. The molecule has 0 bridgehead atoms. The van der Waals surface area contributed by atoms with E-state index in [1.165, 1.54) is 12.1 Å². The highest BCUT2D eigenvalue weighted by Gasteiger charge is 2.26. The van der Waals surface area contributed by atoms with Crippen molar-refractivity contribution in [2.75, 3.05) is 13.2 Å². The highest BCUT2D eigenvalue weighted by Crippen LogP contribution is 2.30. The average molecular weight is 568 g/mol. The van der Waals surface area contributed by atoms with Gasteiger partial charge in [0.25, 0.3) is 0 Å². The minimum absolute atomic E-state index is 0.00780. The van der Waals surface area contributed by atoms with Gasteiger partial charge in [-0.2, -0.15) is 0 Å². The molecule has 0 aliphatic carbocycles. The van der Waals surface area contributed by atoms with Crippen LogP contribution in [0.4, 0.5) is 9.59 Å². The molecule has 0 unspecified atom stereocenters. The Morgan fingerprint density at radius 3 is 1.62 bits per heavy atom. The van der Waals surface area contributed by atoms with Crippen LogP contribution < -0.4 is 15.2 Å². The van der Waals surface area contributed by atoms with Crippen LogP contribution in [0.2, 0.25) is 0 Å². The Bertz CT molecular complexity index is 1020. The Kier molecular flexibility index (Phi) is 12.9. The van der Waals surface area contributed by atoms with E-state index >= 15 is 0 Å². The van der Waals surface area contributed by atoms with Crippen molar-refractivity contribution in [3.63, 3.8) is 0 Å². The second kappa shape index (κ2) is 14.9. The summed E-state index contributed by atoms with van der Waals surface area (Å²) in [4.78, 5) is 49.0. The van der Waals surface area contributed by atoms with Crippen molar-refractivity contribution < 1.29 is 47.6 Å². The third kappa shape index (κ3) is 13.6. The van der Waals surface area contributed by atoms with Crippen molar-refractivity contribution in [2.45, 2.75) is 93.9 Å². The van der Waals surface area contributed by atoms with Crippen LogP contribution in [-0.2, 0) is 35.0 Å². The van der Waals surface area contributed by atoms with Crippen LogP contribution in [0.5, 0.6) is 11.5 Å². The molecule has 0 aromatic heterocycles. The molecule has 0 fully saturated rings. The number of carbonyl (C=O) groups is 4. The molecule has 1 aromatic carbocycles. The monoisotopic (exact) mass is 567 g/mol. The minimum Gasteiger partial charge on any atom is -0.459 e. The van der Waals surface area contributed by atoms with Crippen LogP contribution in [0.3, 0.4) is 0 Å². The standard InChI is InChI=1S/C29H45NO10/c1-17(2)24(31)37-18(3)19(4)38-25(32)21(30)13-20-11-12-22(39-26(33)35-15-28(5,6)7)23(14-20)40-27(34)36-16-29(8,9)10/h11-12,14,17-19,21H,13,15-16,30H2,1-10H3/t18-,19-,21-/m0/s1. The first-order chi connectivity index (χ1) is 18.3. The Labute approximate surface area is 236 Å². The lowest BCUT2D eigenvalue weighted by Crippen LogP contribution is -2.39. The lowest BCUT2D eigenvalue weighted by Gasteiger charge is -2.23. The van der Waals surface area contributed by atoms with E-state index in [9.17, 15) is 19.2 Å². The lowest BCUT2D eigenvalue weighted by molar-refractivity contribution is -0.168. The van der Waals surface area contributed by atoms with Gasteiger partial charge < -0.3 is 34.2 Å². The second-order valence-corrected chi connectivity index (χ2v) is 12.4. The van der Waals surface area contributed by atoms with Gasteiger partial charge in [-0.1, -0.05) is 61.5 Å². The number of carbonyl (C=O) groups excluding carboxylic acids is 4. The maximum absolute atomic E-state index is 12.6. The van der Waals surface area contributed by atoms with E-state index < -0.39 is 42.5 Å². The molecule has 0 aliphatic rings. The van der Waals surface area contributed by atoms with Crippen LogP contribution in [0.15, 0.2) is 18.2 Å². The van der Waals surface area contributed by atoms with Gasteiger partial charge in [-0.05, 0) is 48.8 Å². The zero-order valence-corrected chi connectivity index (χ0v) is 25.3. The van der Waals surface area contributed by atoms with Crippen molar-refractivity contribution >= 4 is 24.2 Å². The van der Waals surface area contributed by atoms with Crippen molar-refractivity contribution in [3.8, 4) is 11.5 Å². The van der Waals surface area contributed by atoms with E-state index in [2.05, 4.69) is 0 Å². The van der Waals surface area contributed by atoms with Crippen LogP contribution in [0.1, 0.15) is 74.8 Å². The van der Waals surface area contributed by atoms with E-state index in [4.69, 9.17) is 34.2 Å². The molecule has 0 aliphatic heterocycles. The molecule has 0 heterocycles. The van der Waals surface area contributed by atoms with Gasteiger partial charge in [0.15, 0.2) is 11.5 Å². The maximum atomic E-state index is 12.6. The molecular formula is C29H45NO10. The first kappa shape index (κ1) is 34.7. The summed E-state index contributed by atoms with van der Waals surface area (Å²) in [6.45, 7) is 18.2. The number of benzene rings is 1. The minimum atomic E-state index is -1.08. The van der Waals surface area contributed by atoms with Gasteiger partial charge in [0.05, 0.1) is 19.1 Å². The number of hydrogen-bond donors (Lipinski definition) is 1. The fraction of sp³-hybridized carbons (Fsp3) is 0.655. The van der Waals surface area contributed by atoms with Gasteiger partial charge in [0.1, 0.15) is 18.2 Å². The van der Waals surface area contributed by atoms with Crippen LogP contribution in [-0.4, -0.2) is 55.7 Å². The molecule has 226 valence electrons. The van der Waals surface area contributed by atoms with Gasteiger partial charge in [0, 0.05) is 0 Å². The van der Waals surface area contributed by atoms with Gasteiger partial charge in [-0.15, -0.1) is 0 Å². The van der Waals surface area contributed by atoms with Crippen molar-refractivity contribution in [1.82, 2.24) is 0 Å². The topological polar surface area (TPSA) is 150 Å². The van der Waals surface area contributed by atoms with E-state index in [0.29, 0.717) is 5.56 Å². The molecule has 3 atom stereocenters. The first-order valence-corrected chi connectivity index (χ1v) is 13.3. The number of rotatable bonds is 11. The van der Waals surface area contributed by atoms with Crippen molar-refractivity contribution in [2.24, 2.45) is 22.5 Å². The smallest absolute Gasteiger partial charge is 0.459 e. The maximum Gasteiger partial charge on any atom is 0.513 e. The summed E-state index contributed by atoms with van der Waals surface area (Å²) in [5.74, 6) is -1.63. The van der Waals surface area contributed by atoms with E-state index in [0.717, 1.165) is 0 Å². The number of esters is 2. The van der Waals surface area contributed by atoms with Crippen LogP contribution >= 0.6 is 0 Å². The quantitative estimate of drug-likeness (QED) is 0.213. The number of hydrogen-bond acceptors (Lipinski definition) is 11. The zero-order valence-electron chi connectivity index (χ0n) is 25.3.